The molecule has 0 bridgehead atoms. The Labute approximate surface area is 256 Å². The SMILES string of the molecule is COc1cccc(CNC(=O)c2[nH]c3cc(-c4cn[nH]c4)ccc3c2CN2CC(N)C2)c1.O=C(O)C(F)(F)F.O=C(O)C(F)(F)F. The molecule has 1 aliphatic rings. The zero-order valence-corrected chi connectivity index (χ0v) is 23.9. The molecule has 1 amide bonds. The number of nitrogens with one attached hydrogen (secondary N) is 3. The number of alkyl halides is 6. The van der Waals surface area contributed by atoms with Gasteiger partial charge in [0.2, 0.25) is 0 Å². The molecule has 0 radical (unpaired) electrons. The molecular weight excluding hydrogens is 630 g/mol. The van der Waals surface area contributed by atoms with E-state index in [0.717, 1.165) is 52.0 Å². The van der Waals surface area contributed by atoms with Gasteiger partial charge >= 0.3 is 24.3 Å². The number of amides is 1. The number of halogens is 6. The van der Waals surface area contributed by atoms with Crippen LogP contribution in [-0.4, -0.2) is 86.7 Å². The van der Waals surface area contributed by atoms with Gasteiger partial charge in [-0.2, -0.15) is 31.4 Å². The number of rotatable bonds is 7. The molecule has 3 heterocycles. The first kappa shape index (κ1) is 35.4. The minimum absolute atomic E-state index is 0.131. The monoisotopic (exact) mass is 658 g/mol. The summed E-state index contributed by atoms with van der Waals surface area (Å²) in [7, 11) is 1.63. The molecule has 2 aromatic heterocycles. The molecule has 1 fully saturated rings. The first-order valence-corrected chi connectivity index (χ1v) is 13.1. The van der Waals surface area contributed by atoms with Gasteiger partial charge in [-0.25, -0.2) is 9.59 Å². The average Bonchev–Trinajstić information content (AvgIpc) is 3.63. The van der Waals surface area contributed by atoms with Crippen LogP contribution in [0.2, 0.25) is 0 Å². The molecule has 0 saturated carbocycles. The number of likely N-dealkylation sites (tertiary alicyclic amines) is 1. The molecule has 248 valence electrons. The predicted octanol–water partition coefficient (Wildman–Crippen LogP) is 3.91. The fourth-order valence-electron chi connectivity index (χ4n) is 4.22. The van der Waals surface area contributed by atoms with Crippen LogP contribution in [0.3, 0.4) is 0 Å². The molecule has 5 rings (SSSR count). The van der Waals surface area contributed by atoms with Crippen molar-refractivity contribution < 1.29 is 55.7 Å². The minimum Gasteiger partial charge on any atom is -0.497 e. The predicted molar refractivity (Wildman–Crippen MR) is 151 cm³/mol. The highest BCUT2D eigenvalue weighted by atomic mass is 19.4. The number of carboxylic acids is 2. The Hall–Kier alpha value is -5.10. The number of fused-ring (bicyclic) bond motifs is 1. The summed E-state index contributed by atoms with van der Waals surface area (Å²) in [5, 5.41) is 25.2. The van der Waals surface area contributed by atoms with E-state index in [4.69, 9.17) is 30.3 Å². The lowest BCUT2D eigenvalue weighted by Gasteiger charge is -2.36. The van der Waals surface area contributed by atoms with Crippen molar-refractivity contribution in [3.63, 3.8) is 0 Å². The fraction of sp³-hybridized carbons (Fsp3) is 0.286. The van der Waals surface area contributed by atoms with Crippen molar-refractivity contribution in [2.45, 2.75) is 31.5 Å². The van der Waals surface area contributed by atoms with E-state index < -0.39 is 24.3 Å². The van der Waals surface area contributed by atoms with E-state index in [1.54, 1.807) is 13.3 Å². The van der Waals surface area contributed by atoms with Gasteiger partial charge in [0, 0.05) is 60.4 Å². The summed E-state index contributed by atoms with van der Waals surface area (Å²) in [5.41, 5.74) is 11.5. The van der Waals surface area contributed by atoms with Crippen LogP contribution in [-0.2, 0) is 22.7 Å². The van der Waals surface area contributed by atoms with Gasteiger partial charge in [0.25, 0.3) is 5.91 Å². The van der Waals surface area contributed by atoms with Crippen molar-refractivity contribution in [2.24, 2.45) is 5.73 Å². The topological polar surface area (TPSA) is 187 Å². The van der Waals surface area contributed by atoms with Crippen LogP contribution in [0.4, 0.5) is 26.3 Å². The van der Waals surface area contributed by atoms with Crippen molar-refractivity contribution in [1.29, 1.82) is 0 Å². The Morgan fingerprint density at radius 2 is 1.65 bits per heavy atom. The van der Waals surface area contributed by atoms with Crippen molar-refractivity contribution >= 4 is 28.7 Å². The Morgan fingerprint density at radius 3 is 2.17 bits per heavy atom. The van der Waals surface area contributed by atoms with Crippen molar-refractivity contribution in [1.82, 2.24) is 25.4 Å². The number of hydrogen-bond donors (Lipinski definition) is 6. The summed E-state index contributed by atoms with van der Waals surface area (Å²) in [6.45, 7) is 2.77. The number of aromatic nitrogens is 3. The number of hydrogen-bond acceptors (Lipinski definition) is 7. The van der Waals surface area contributed by atoms with Crippen LogP contribution in [0.15, 0.2) is 54.9 Å². The highest BCUT2D eigenvalue weighted by molar-refractivity contribution is 6.01. The van der Waals surface area contributed by atoms with E-state index in [9.17, 15) is 31.1 Å². The van der Waals surface area contributed by atoms with Crippen LogP contribution in [0.25, 0.3) is 22.0 Å². The van der Waals surface area contributed by atoms with Gasteiger partial charge in [0.15, 0.2) is 0 Å². The van der Waals surface area contributed by atoms with Crippen LogP contribution in [0.5, 0.6) is 5.75 Å². The summed E-state index contributed by atoms with van der Waals surface area (Å²) in [6, 6.07) is 14.1. The number of nitrogens with zero attached hydrogens (tertiary/aromatic N) is 2. The standard InChI is InChI=1S/C24H26N6O2.2C2HF3O2/c1-32-19-4-2-3-15(7-19)9-26-24(31)23-21(14-30-12-18(25)13-30)20-6-5-16(8-22(20)29-23)17-10-27-28-11-17;2*3-2(4,5)1(6)7/h2-8,10-11,18,29H,9,12-14,25H2,1H3,(H,26,31)(H,27,28);2*(H,6,7). The maximum atomic E-state index is 13.2. The number of H-pyrrole nitrogens is 2. The van der Waals surface area contributed by atoms with Gasteiger partial charge in [-0.3, -0.25) is 14.8 Å². The van der Waals surface area contributed by atoms with Gasteiger partial charge in [-0.05, 0) is 29.3 Å². The number of nitrogens with two attached hydrogens (primary N) is 1. The van der Waals surface area contributed by atoms with Gasteiger partial charge in [-0.1, -0.05) is 24.3 Å². The third-order valence-electron chi connectivity index (χ3n) is 6.40. The molecule has 4 aromatic rings. The Morgan fingerprint density at radius 1 is 1.02 bits per heavy atom. The molecule has 0 spiro atoms. The average molecular weight is 659 g/mol. The molecule has 0 atom stereocenters. The zero-order chi connectivity index (χ0) is 34.2. The number of benzene rings is 2. The van der Waals surface area contributed by atoms with Crippen molar-refractivity contribution in [2.75, 3.05) is 20.2 Å². The molecule has 0 unspecified atom stereocenters. The van der Waals surface area contributed by atoms with Crippen LogP contribution in [0, 0.1) is 0 Å². The molecule has 7 N–H and O–H groups in total. The number of aromatic amines is 2. The Balaban J connectivity index is 0.000000345. The summed E-state index contributed by atoms with van der Waals surface area (Å²) >= 11 is 0. The van der Waals surface area contributed by atoms with Crippen LogP contribution in [0.1, 0.15) is 21.6 Å². The lowest BCUT2D eigenvalue weighted by Crippen LogP contribution is -2.55. The summed E-state index contributed by atoms with van der Waals surface area (Å²) in [5.74, 6) is -4.88. The zero-order valence-electron chi connectivity index (χ0n) is 23.9. The maximum Gasteiger partial charge on any atom is 0.490 e. The third kappa shape index (κ3) is 9.70. The van der Waals surface area contributed by atoms with Gasteiger partial charge in [0.05, 0.1) is 13.3 Å². The molecule has 46 heavy (non-hydrogen) atoms. The highest BCUT2D eigenvalue weighted by Crippen LogP contribution is 2.30. The van der Waals surface area contributed by atoms with E-state index in [-0.39, 0.29) is 11.9 Å². The molecule has 18 heteroatoms. The number of carbonyl (C=O) groups is 3. The molecule has 1 aliphatic heterocycles. The second kappa shape index (κ2) is 14.8. The Bertz CT molecular complexity index is 1620. The smallest absolute Gasteiger partial charge is 0.490 e. The van der Waals surface area contributed by atoms with Crippen LogP contribution >= 0.6 is 0 Å². The first-order chi connectivity index (χ1) is 21.5. The third-order valence-corrected chi connectivity index (χ3v) is 6.40. The molecular formula is C28H28F6N6O6. The first-order valence-electron chi connectivity index (χ1n) is 13.1. The van der Waals surface area contributed by atoms with E-state index in [0.29, 0.717) is 18.8 Å². The normalized spacial score (nSPS) is 13.5. The number of carbonyl (C=O) groups excluding carboxylic acids is 1. The number of carboxylic acid groups (broad SMARTS) is 2. The minimum atomic E-state index is -5.08. The van der Waals surface area contributed by atoms with E-state index in [1.165, 1.54) is 0 Å². The van der Waals surface area contributed by atoms with Crippen molar-refractivity contribution in [3.05, 3.63) is 71.7 Å². The summed E-state index contributed by atoms with van der Waals surface area (Å²) in [4.78, 5) is 36.6. The van der Waals surface area contributed by atoms with E-state index >= 15 is 0 Å². The second-order valence-corrected chi connectivity index (χ2v) is 9.82. The lowest BCUT2D eigenvalue weighted by molar-refractivity contribution is -0.193. The highest BCUT2D eigenvalue weighted by Gasteiger charge is 2.39. The quantitative estimate of drug-likeness (QED) is 0.160. The fourth-order valence-corrected chi connectivity index (χ4v) is 4.22. The molecule has 2 aromatic carbocycles. The van der Waals surface area contributed by atoms with Gasteiger partial charge < -0.3 is 31.0 Å². The molecule has 1 saturated heterocycles. The number of methoxy groups -OCH3 is 1. The van der Waals surface area contributed by atoms with Crippen molar-refractivity contribution in [3.8, 4) is 16.9 Å². The largest absolute Gasteiger partial charge is 0.497 e. The maximum absolute atomic E-state index is 13.2. The molecule has 0 aliphatic carbocycles. The van der Waals surface area contributed by atoms with E-state index in [2.05, 4.69) is 43.6 Å². The van der Waals surface area contributed by atoms with Gasteiger partial charge in [0.1, 0.15) is 11.4 Å². The lowest BCUT2D eigenvalue weighted by atomic mass is 10.0. The summed E-state index contributed by atoms with van der Waals surface area (Å²) < 4.78 is 68.7. The Kier molecular flexibility index (Phi) is 11.4. The number of ether oxygens (including phenoxy) is 1. The number of aliphatic carboxylic acids is 2. The van der Waals surface area contributed by atoms with E-state index in [1.807, 2.05) is 30.5 Å². The van der Waals surface area contributed by atoms with Crippen LogP contribution < -0.4 is 15.8 Å². The van der Waals surface area contributed by atoms with Gasteiger partial charge in [-0.15, -0.1) is 0 Å². The second-order valence-electron chi connectivity index (χ2n) is 9.82. The molecule has 12 nitrogen and oxygen atoms in total. The summed E-state index contributed by atoms with van der Waals surface area (Å²) in [6.07, 6.45) is -6.53.